The van der Waals surface area contributed by atoms with Crippen LogP contribution in [0.3, 0.4) is 0 Å². The molecule has 0 radical (unpaired) electrons. The van der Waals surface area contributed by atoms with Crippen LogP contribution in [0.25, 0.3) is 0 Å². The number of ketones is 1. The molecule has 2 fully saturated rings. The van der Waals surface area contributed by atoms with Crippen LogP contribution < -0.4 is 9.80 Å². The lowest BCUT2D eigenvalue weighted by atomic mass is 10.2. The second-order valence-electron chi connectivity index (χ2n) is 5.49. The van der Waals surface area contributed by atoms with Crippen LogP contribution in [0.2, 0.25) is 0 Å². The molecule has 5 heteroatoms. The lowest BCUT2D eigenvalue weighted by Crippen LogP contribution is -2.30. The summed E-state index contributed by atoms with van der Waals surface area (Å²) in [6, 6.07) is 2.61. The Morgan fingerprint density at radius 2 is 2.11 bits per heavy atom. The van der Waals surface area contributed by atoms with Crippen LogP contribution in [-0.4, -0.2) is 41.9 Å². The van der Waals surface area contributed by atoms with Crippen molar-refractivity contribution in [3.8, 4) is 0 Å². The van der Waals surface area contributed by atoms with Crippen LogP contribution in [0.1, 0.15) is 32.1 Å². The van der Waals surface area contributed by atoms with E-state index < -0.39 is 0 Å². The number of hydrogen-bond donors (Lipinski definition) is 0. The molecule has 0 unspecified atom stereocenters. The van der Waals surface area contributed by atoms with Crippen molar-refractivity contribution in [1.29, 1.82) is 0 Å². The van der Waals surface area contributed by atoms with Gasteiger partial charge in [0.25, 0.3) is 0 Å². The molecule has 0 bridgehead atoms. The average molecular weight is 260 g/mol. The van der Waals surface area contributed by atoms with Gasteiger partial charge in [-0.25, -0.2) is 9.97 Å². The normalized spacial score (nSPS) is 20.3. The summed E-state index contributed by atoms with van der Waals surface area (Å²) < 4.78 is 0. The fourth-order valence-electron chi connectivity index (χ4n) is 3.01. The predicted molar refractivity (Wildman–Crippen MR) is 74.5 cm³/mol. The molecule has 2 heterocycles. The topological polar surface area (TPSA) is 49.3 Å². The third-order valence-electron chi connectivity index (χ3n) is 4.22. The van der Waals surface area contributed by atoms with Crippen molar-refractivity contribution in [1.82, 2.24) is 9.97 Å². The molecule has 0 amide bonds. The van der Waals surface area contributed by atoms with Gasteiger partial charge in [0.1, 0.15) is 18.0 Å². The second kappa shape index (κ2) is 5.15. The molecule has 1 aliphatic carbocycles. The van der Waals surface area contributed by atoms with Gasteiger partial charge in [0, 0.05) is 32.1 Å². The molecule has 102 valence electrons. The lowest BCUT2D eigenvalue weighted by Gasteiger charge is -2.26. The summed E-state index contributed by atoms with van der Waals surface area (Å²) in [4.78, 5) is 24.3. The summed E-state index contributed by atoms with van der Waals surface area (Å²) in [5.41, 5.74) is 0. The molecule has 0 N–H and O–H groups in total. The van der Waals surface area contributed by atoms with Gasteiger partial charge in [-0.3, -0.25) is 4.79 Å². The maximum absolute atomic E-state index is 11.4. The fourth-order valence-corrected chi connectivity index (χ4v) is 3.01. The third kappa shape index (κ3) is 2.55. The van der Waals surface area contributed by atoms with Crippen molar-refractivity contribution < 1.29 is 4.79 Å². The number of Topliss-reactive ketones (excluding diaryl/α,β-unsaturated/α-hetero) is 1. The Morgan fingerprint density at radius 3 is 2.79 bits per heavy atom. The highest BCUT2D eigenvalue weighted by atomic mass is 16.1. The molecule has 1 saturated carbocycles. The van der Waals surface area contributed by atoms with Gasteiger partial charge in [-0.05, 0) is 12.8 Å². The summed E-state index contributed by atoms with van der Waals surface area (Å²) in [5.74, 6) is 2.14. The first-order valence-corrected chi connectivity index (χ1v) is 7.05. The van der Waals surface area contributed by atoms with Crippen LogP contribution >= 0.6 is 0 Å². The van der Waals surface area contributed by atoms with Crippen LogP contribution in [0.4, 0.5) is 11.6 Å². The summed E-state index contributed by atoms with van der Waals surface area (Å²) in [7, 11) is 2.11. The Balaban J connectivity index is 1.77. The maximum atomic E-state index is 11.4. The van der Waals surface area contributed by atoms with Crippen molar-refractivity contribution in [2.75, 3.05) is 29.9 Å². The van der Waals surface area contributed by atoms with Crippen LogP contribution in [0.15, 0.2) is 12.4 Å². The fraction of sp³-hybridized carbons (Fsp3) is 0.643. The minimum absolute atomic E-state index is 0.296. The zero-order valence-electron chi connectivity index (χ0n) is 11.4. The molecule has 1 aliphatic heterocycles. The van der Waals surface area contributed by atoms with E-state index >= 15 is 0 Å². The minimum atomic E-state index is 0.296. The van der Waals surface area contributed by atoms with Crippen molar-refractivity contribution >= 4 is 17.4 Å². The van der Waals surface area contributed by atoms with Gasteiger partial charge >= 0.3 is 0 Å². The molecule has 1 aromatic heterocycles. The third-order valence-corrected chi connectivity index (χ3v) is 4.22. The smallest absolute Gasteiger partial charge is 0.153 e. The van der Waals surface area contributed by atoms with Crippen LogP contribution in [0.5, 0.6) is 0 Å². The van der Waals surface area contributed by atoms with E-state index in [0.717, 1.165) is 18.2 Å². The molecule has 0 atom stereocenters. The Kier molecular flexibility index (Phi) is 3.36. The Bertz CT molecular complexity index is 470. The number of aromatic nitrogens is 2. The van der Waals surface area contributed by atoms with Gasteiger partial charge in [0.15, 0.2) is 5.78 Å². The van der Waals surface area contributed by atoms with Gasteiger partial charge in [0.05, 0.1) is 6.54 Å². The molecule has 0 aromatic carbocycles. The number of rotatable bonds is 3. The van der Waals surface area contributed by atoms with E-state index in [9.17, 15) is 4.79 Å². The molecular formula is C14H20N4O. The SMILES string of the molecule is CN(c1cc(N2CCC(=O)C2)ncn1)C1CCCC1. The van der Waals surface area contributed by atoms with Crippen molar-refractivity contribution in [3.63, 3.8) is 0 Å². The van der Waals surface area contributed by atoms with E-state index in [4.69, 9.17) is 0 Å². The molecular weight excluding hydrogens is 240 g/mol. The zero-order chi connectivity index (χ0) is 13.2. The highest BCUT2D eigenvalue weighted by Crippen LogP contribution is 2.27. The predicted octanol–water partition coefficient (Wildman–Crippen LogP) is 1.63. The first-order valence-electron chi connectivity index (χ1n) is 7.05. The first-order chi connectivity index (χ1) is 9.24. The molecule has 1 saturated heterocycles. The number of carbonyl (C=O) groups excluding carboxylic acids is 1. The first kappa shape index (κ1) is 12.4. The lowest BCUT2D eigenvalue weighted by molar-refractivity contribution is -0.116. The zero-order valence-corrected chi connectivity index (χ0v) is 11.4. The summed E-state index contributed by atoms with van der Waals surface area (Å²) in [6.45, 7) is 1.27. The van der Waals surface area contributed by atoms with Crippen molar-refractivity contribution in [2.45, 2.75) is 38.1 Å². The van der Waals surface area contributed by atoms with Crippen molar-refractivity contribution in [2.24, 2.45) is 0 Å². The second-order valence-corrected chi connectivity index (χ2v) is 5.49. The van der Waals surface area contributed by atoms with E-state index in [-0.39, 0.29) is 0 Å². The van der Waals surface area contributed by atoms with E-state index in [2.05, 4.69) is 21.9 Å². The number of hydrogen-bond acceptors (Lipinski definition) is 5. The van der Waals surface area contributed by atoms with Gasteiger partial charge in [0.2, 0.25) is 0 Å². The van der Waals surface area contributed by atoms with E-state index in [0.29, 0.717) is 24.8 Å². The standard InChI is InChI=1S/C14H20N4O/c1-17(11-4-2-3-5-11)13-8-14(16-10-15-13)18-7-6-12(19)9-18/h8,10-11H,2-7,9H2,1H3. The number of anilines is 2. The monoisotopic (exact) mass is 260 g/mol. The van der Waals surface area contributed by atoms with Gasteiger partial charge in [-0.15, -0.1) is 0 Å². The van der Waals surface area contributed by atoms with E-state index in [1.807, 2.05) is 11.0 Å². The van der Waals surface area contributed by atoms with Gasteiger partial charge in [-0.1, -0.05) is 12.8 Å². The highest BCUT2D eigenvalue weighted by Gasteiger charge is 2.23. The molecule has 2 aliphatic rings. The van der Waals surface area contributed by atoms with Gasteiger partial charge in [-0.2, -0.15) is 0 Å². The highest BCUT2D eigenvalue weighted by molar-refractivity contribution is 5.86. The molecule has 5 nitrogen and oxygen atoms in total. The number of nitrogens with zero attached hydrogens (tertiary/aromatic N) is 4. The molecule has 1 aromatic rings. The van der Waals surface area contributed by atoms with E-state index in [1.165, 1.54) is 25.7 Å². The largest absolute Gasteiger partial charge is 0.357 e. The summed E-state index contributed by atoms with van der Waals surface area (Å²) in [6.07, 6.45) is 7.37. The summed E-state index contributed by atoms with van der Waals surface area (Å²) in [5, 5.41) is 0. The average Bonchev–Trinajstić information content (AvgIpc) is 3.09. The summed E-state index contributed by atoms with van der Waals surface area (Å²) >= 11 is 0. The van der Waals surface area contributed by atoms with Crippen LogP contribution in [-0.2, 0) is 4.79 Å². The molecule has 0 spiro atoms. The minimum Gasteiger partial charge on any atom is -0.357 e. The van der Waals surface area contributed by atoms with Crippen LogP contribution in [0, 0.1) is 0 Å². The van der Waals surface area contributed by atoms with Crippen molar-refractivity contribution in [3.05, 3.63) is 12.4 Å². The number of carbonyl (C=O) groups is 1. The Hall–Kier alpha value is -1.65. The maximum Gasteiger partial charge on any atom is 0.153 e. The van der Waals surface area contributed by atoms with E-state index in [1.54, 1.807) is 6.33 Å². The van der Waals surface area contributed by atoms with Gasteiger partial charge < -0.3 is 9.80 Å². The quantitative estimate of drug-likeness (QED) is 0.827. The molecule has 19 heavy (non-hydrogen) atoms. The Labute approximate surface area is 113 Å². The molecule has 3 rings (SSSR count). The Morgan fingerprint density at radius 1 is 1.32 bits per heavy atom.